The Morgan fingerprint density at radius 1 is 0.750 bits per heavy atom. The number of aromatic nitrogens is 2. The Labute approximate surface area is 141 Å². The minimum absolute atomic E-state index is 0.596. The second kappa shape index (κ2) is 6.30. The highest BCUT2D eigenvalue weighted by atomic mass is 15.0. The minimum Gasteiger partial charge on any atom is -0.330 e. The van der Waals surface area contributed by atoms with Crippen molar-refractivity contribution in [3.05, 3.63) is 84.7 Å². The third-order valence-electron chi connectivity index (χ3n) is 4.25. The van der Waals surface area contributed by atoms with Crippen molar-refractivity contribution < 1.29 is 0 Å². The van der Waals surface area contributed by atoms with E-state index in [0.29, 0.717) is 6.54 Å². The molecule has 0 spiro atoms. The number of benzene rings is 2. The van der Waals surface area contributed by atoms with Crippen molar-refractivity contribution in [3.8, 4) is 22.4 Å². The molecule has 0 radical (unpaired) electrons. The van der Waals surface area contributed by atoms with E-state index in [2.05, 4.69) is 59.1 Å². The van der Waals surface area contributed by atoms with Gasteiger partial charge in [-0.1, -0.05) is 60.7 Å². The zero-order chi connectivity index (χ0) is 16.4. The van der Waals surface area contributed by atoms with E-state index in [0.717, 1.165) is 29.0 Å². The molecule has 2 aromatic heterocycles. The van der Waals surface area contributed by atoms with E-state index in [1.54, 1.807) is 0 Å². The molecule has 0 aliphatic carbocycles. The number of hydrogen-bond acceptors (Lipinski definition) is 2. The van der Waals surface area contributed by atoms with E-state index in [9.17, 15) is 0 Å². The lowest BCUT2D eigenvalue weighted by Crippen LogP contribution is -2.04. The van der Waals surface area contributed by atoms with Crippen LogP contribution in [-0.4, -0.2) is 15.9 Å². The van der Waals surface area contributed by atoms with Crippen molar-refractivity contribution in [3.63, 3.8) is 0 Å². The SMILES string of the molecule is NCCc1nc2ccccn2c1-c1ccc(-c2ccccc2)cc1. The van der Waals surface area contributed by atoms with E-state index in [1.165, 1.54) is 11.1 Å². The maximum Gasteiger partial charge on any atom is 0.137 e. The molecule has 0 saturated carbocycles. The standard InChI is InChI=1S/C21H19N3/c22-14-13-19-21(24-15-5-4-8-20(24)23-19)18-11-9-17(10-12-18)16-6-2-1-3-7-16/h1-12,15H,13-14,22H2. The van der Waals surface area contributed by atoms with Crippen LogP contribution < -0.4 is 5.73 Å². The summed E-state index contributed by atoms with van der Waals surface area (Å²) < 4.78 is 2.14. The molecule has 118 valence electrons. The fourth-order valence-electron chi connectivity index (χ4n) is 3.11. The Bertz CT molecular complexity index is 953. The molecule has 3 nitrogen and oxygen atoms in total. The summed E-state index contributed by atoms with van der Waals surface area (Å²) >= 11 is 0. The Balaban J connectivity index is 1.81. The minimum atomic E-state index is 0.596. The van der Waals surface area contributed by atoms with Crippen LogP contribution in [0.1, 0.15) is 5.69 Å². The van der Waals surface area contributed by atoms with Gasteiger partial charge in [0.1, 0.15) is 5.65 Å². The molecule has 0 unspecified atom stereocenters. The fraction of sp³-hybridized carbons (Fsp3) is 0.0952. The quantitative estimate of drug-likeness (QED) is 0.614. The monoisotopic (exact) mass is 313 g/mol. The maximum absolute atomic E-state index is 5.78. The van der Waals surface area contributed by atoms with Gasteiger partial charge in [-0.05, 0) is 29.8 Å². The molecule has 0 fully saturated rings. The molecule has 2 heterocycles. The maximum atomic E-state index is 5.78. The van der Waals surface area contributed by atoms with Crippen molar-refractivity contribution in [2.24, 2.45) is 5.73 Å². The van der Waals surface area contributed by atoms with Gasteiger partial charge in [-0.25, -0.2) is 4.98 Å². The summed E-state index contributed by atoms with van der Waals surface area (Å²) in [6.45, 7) is 0.596. The summed E-state index contributed by atoms with van der Waals surface area (Å²) in [5.74, 6) is 0. The summed E-state index contributed by atoms with van der Waals surface area (Å²) in [5, 5.41) is 0. The Hall–Kier alpha value is -2.91. The first kappa shape index (κ1) is 14.7. The van der Waals surface area contributed by atoms with Gasteiger partial charge in [0.15, 0.2) is 0 Å². The Morgan fingerprint density at radius 2 is 1.42 bits per heavy atom. The molecule has 0 aliphatic rings. The number of hydrogen-bond donors (Lipinski definition) is 1. The molecular formula is C21H19N3. The number of imidazole rings is 1. The fourth-order valence-corrected chi connectivity index (χ4v) is 3.11. The number of nitrogens with two attached hydrogens (primary N) is 1. The van der Waals surface area contributed by atoms with E-state index in [4.69, 9.17) is 10.7 Å². The average Bonchev–Trinajstić information content (AvgIpc) is 3.01. The van der Waals surface area contributed by atoms with Gasteiger partial charge in [-0.3, -0.25) is 4.40 Å². The molecule has 0 aliphatic heterocycles. The zero-order valence-electron chi connectivity index (χ0n) is 13.4. The number of pyridine rings is 1. The Kier molecular flexibility index (Phi) is 3.85. The van der Waals surface area contributed by atoms with Crippen molar-refractivity contribution >= 4 is 5.65 Å². The molecule has 0 bridgehead atoms. The second-order valence-corrected chi connectivity index (χ2v) is 5.82. The highest BCUT2D eigenvalue weighted by molar-refractivity contribution is 5.72. The molecule has 3 heteroatoms. The van der Waals surface area contributed by atoms with E-state index in [1.807, 2.05) is 24.3 Å². The van der Waals surface area contributed by atoms with Gasteiger partial charge in [-0.2, -0.15) is 0 Å². The van der Waals surface area contributed by atoms with Crippen LogP contribution >= 0.6 is 0 Å². The van der Waals surface area contributed by atoms with Gasteiger partial charge in [0.05, 0.1) is 11.4 Å². The first-order valence-electron chi connectivity index (χ1n) is 8.19. The normalized spacial score (nSPS) is 11.0. The summed E-state index contributed by atoms with van der Waals surface area (Å²) in [5.41, 5.74) is 12.5. The van der Waals surface area contributed by atoms with E-state index in [-0.39, 0.29) is 0 Å². The molecule has 0 amide bonds. The summed E-state index contributed by atoms with van der Waals surface area (Å²) in [4.78, 5) is 4.74. The lowest BCUT2D eigenvalue weighted by molar-refractivity contribution is 0.939. The zero-order valence-corrected chi connectivity index (χ0v) is 13.4. The van der Waals surface area contributed by atoms with Gasteiger partial charge in [-0.15, -0.1) is 0 Å². The molecule has 2 N–H and O–H groups in total. The van der Waals surface area contributed by atoms with Crippen LogP contribution in [0.2, 0.25) is 0 Å². The summed E-state index contributed by atoms with van der Waals surface area (Å²) in [6.07, 6.45) is 2.83. The molecular weight excluding hydrogens is 294 g/mol. The van der Waals surface area contributed by atoms with Gasteiger partial charge >= 0.3 is 0 Å². The lowest BCUT2D eigenvalue weighted by atomic mass is 10.0. The number of fused-ring (bicyclic) bond motifs is 1. The molecule has 2 aromatic carbocycles. The first-order chi connectivity index (χ1) is 11.9. The van der Waals surface area contributed by atoms with Gasteiger partial charge < -0.3 is 5.73 Å². The van der Waals surface area contributed by atoms with Crippen LogP contribution in [0.15, 0.2) is 79.0 Å². The van der Waals surface area contributed by atoms with Crippen LogP contribution in [0.25, 0.3) is 28.0 Å². The van der Waals surface area contributed by atoms with E-state index >= 15 is 0 Å². The highest BCUT2D eigenvalue weighted by Crippen LogP contribution is 2.28. The smallest absolute Gasteiger partial charge is 0.137 e. The topological polar surface area (TPSA) is 43.3 Å². The van der Waals surface area contributed by atoms with Crippen LogP contribution in [0, 0.1) is 0 Å². The van der Waals surface area contributed by atoms with E-state index < -0.39 is 0 Å². The van der Waals surface area contributed by atoms with Crippen LogP contribution in [0.4, 0.5) is 0 Å². The largest absolute Gasteiger partial charge is 0.330 e. The second-order valence-electron chi connectivity index (χ2n) is 5.82. The van der Waals surface area contributed by atoms with Crippen molar-refractivity contribution in [1.29, 1.82) is 0 Å². The van der Waals surface area contributed by atoms with Crippen LogP contribution in [0.5, 0.6) is 0 Å². The first-order valence-corrected chi connectivity index (χ1v) is 8.19. The molecule has 4 rings (SSSR count). The summed E-state index contributed by atoms with van der Waals surface area (Å²) in [6, 6.07) is 25.2. The highest BCUT2D eigenvalue weighted by Gasteiger charge is 2.13. The third-order valence-corrected chi connectivity index (χ3v) is 4.25. The molecule has 0 atom stereocenters. The predicted molar refractivity (Wildman–Crippen MR) is 98.8 cm³/mol. The molecule has 4 aromatic rings. The van der Waals surface area contributed by atoms with Crippen molar-refractivity contribution in [2.75, 3.05) is 6.54 Å². The average molecular weight is 313 g/mol. The number of nitrogens with zero attached hydrogens (tertiary/aromatic N) is 2. The molecule has 0 saturated heterocycles. The van der Waals surface area contributed by atoms with Crippen LogP contribution in [0.3, 0.4) is 0 Å². The predicted octanol–water partition coefficient (Wildman–Crippen LogP) is 4.17. The Morgan fingerprint density at radius 3 is 2.17 bits per heavy atom. The lowest BCUT2D eigenvalue weighted by Gasteiger charge is -2.07. The molecule has 24 heavy (non-hydrogen) atoms. The van der Waals surface area contributed by atoms with Gasteiger partial charge in [0.25, 0.3) is 0 Å². The third kappa shape index (κ3) is 2.59. The van der Waals surface area contributed by atoms with Crippen LogP contribution in [-0.2, 0) is 6.42 Å². The van der Waals surface area contributed by atoms with Gasteiger partial charge in [0, 0.05) is 18.2 Å². The summed E-state index contributed by atoms with van der Waals surface area (Å²) in [7, 11) is 0. The number of rotatable bonds is 4. The van der Waals surface area contributed by atoms with Crippen molar-refractivity contribution in [1.82, 2.24) is 9.38 Å². The van der Waals surface area contributed by atoms with Crippen molar-refractivity contribution in [2.45, 2.75) is 6.42 Å². The van der Waals surface area contributed by atoms with Gasteiger partial charge in [0.2, 0.25) is 0 Å².